The second-order valence-corrected chi connectivity index (χ2v) is 7.64. The molecule has 1 aliphatic rings. The highest BCUT2D eigenvalue weighted by molar-refractivity contribution is 7.99. The maximum absolute atomic E-state index is 11.9. The Morgan fingerprint density at radius 2 is 1.92 bits per heavy atom. The molecule has 1 aliphatic heterocycles. The summed E-state index contributed by atoms with van der Waals surface area (Å²) in [6.07, 6.45) is 1.95. The van der Waals surface area contributed by atoms with E-state index in [0.717, 1.165) is 24.3 Å². The Bertz CT molecular complexity index is 227. The molecule has 0 amide bonds. The van der Waals surface area contributed by atoms with E-state index in [4.69, 9.17) is 4.78 Å². The Morgan fingerprint density at radius 3 is 2.33 bits per heavy atom. The van der Waals surface area contributed by atoms with Crippen molar-refractivity contribution in [2.45, 2.75) is 37.2 Å². The van der Waals surface area contributed by atoms with Crippen molar-refractivity contribution in [1.82, 2.24) is 0 Å². The van der Waals surface area contributed by atoms with E-state index in [9.17, 15) is 4.21 Å². The highest BCUT2D eigenvalue weighted by atomic mass is 32.2. The monoisotopic (exact) mass is 207 g/mol. The smallest absolute Gasteiger partial charge is 0.0494 e. The van der Waals surface area contributed by atoms with Gasteiger partial charge >= 0.3 is 0 Å². The zero-order valence-electron chi connectivity index (χ0n) is 7.71. The van der Waals surface area contributed by atoms with E-state index in [1.807, 2.05) is 25.6 Å². The van der Waals surface area contributed by atoms with Crippen molar-refractivity contribution in [3.63, 3.8) is 0 Å². The molecule has 0 saturated carbocycles. The summed E-state index contributed by atoms with van der Waals surface area (Å²) >= 11 is 1.92. The summed E-state index contributed by atoms with van der Waals surface area (Å²) in [5.74, 6) is 2.18. The van der Waals surface area contributed by atoms with Crippen LogP contribution >= 0.6 is 11.8 Å². The van der Waals surface area contributed by atoms with Gasteiger partial charge in [-0.2, -0.15) is 11.8 Å². The Hall–Kier alpha value is 0.300. The van der Waals surface area contributed by atoms with Crippen LogP contribution in [-0.4, -0.2) is 26.2 Å². The molecule has 0 bridgehead atoms. The SMILES string of the molecule is CC(C)S(=N)(=O)C1CCSCC1. The summed E-state index contributed by atoms with van der Waals surface area (Å²) in [6.45, 7) is 3.80. The molecule has 0 radical (unpaired) electrons. The number of hydrogen-bond acceptors (Lipinski definition) is 3. The number of thioether (sulfide) groups is 1. The molecule has 2 nitrogen and oxygen atoms in total. The third-order valence-corrected chi connectivity index (χ3v) is 6.28. The molecule has 0 aromatic heterocycles. The van der Waals surface area contributed by atoms with Crippen molar-refractivity contribution in [3.8, 4) is 0 Å². The van der Waals surface area contributed by atoms with Gasteiger partial charge in [0.15, 0.2) is 0 Å². The van der Waals surface area contributed by atoms with Gasteiger partial charge in [0.2, 0.25) is 0 Å². The fourth-order valence-corrected chi connectivity index (χ4v) is 4.52. The van der Waals surface area contributed by atoms with Crippen LogP contribution in [0.3, 0.4) is 0 Å². The average Bonchev–Trinajstić information content (AvgIpc) is 2.06. The third kappa shape index (κ3) is 2.16. The largest absolute Gasteiger partial charge is 0.252 e. The van der Waals surface area contributed by atoms with Crippen LogP contribution in [0.2, 0.25) is 0 Å². The van der Waals surface area contributed by atoms with Gasteiger partial charge in [0.1, 0.15) is 0 Å². The van der Waals surface area contributed by atoms with Crippen molar-refractivity contribution in [1.29, 1.82) is 4.78 Å². The first-order chi connectivity index (χ1) is 5.55. The van der Waals surface area contributed by atoms with Crippen molar-refractivity contribution in [2.24, 2.45) is 0 Å². The summed E-state index contributed by atoms with van der Waals surface area (Å²) in [6, 6.07) is 0. The van der Waals surface area contributed by atoms with Crippen molar-refractivity contribution in [3.05, 3.63) is 0 Å². The number of rotatable bonds is 2. The van der Waals surface area contributed by atoms with Gasteiger partial charge in [0, 0.05) is 20.2 Å². The first-order valence-electron chi connectivity index (χ1n) is 4.39. The van der Waals surface area contributed by atoms with Gasteiger partial charge in [-0.25, -0.2) is 4.21 Å². The fourth-order valence-electron chi connectivity index (χ4n) is 1.41. The lowest BCUT2D eigenvalue weighted by Crippen LogP contribution is -2.30. The van der Waals surface area contributed by atoms with Gasteiger partial charge in [-0.1, -0.05) is 13.8 Å². The topological polar surface area (TPSA) is 40.9 Å². The zero-order chi connectivity index (χ0) is 9.19. The van der Waals surface area contributed by atoms with Crippen LogP contribution in [0.25, 0.3) is 0 Å². The summed E-state index contributed by atoms with van der Waals surface area (Å²) < 4.78 is 19.7. The molecular formula is C8H17NOS2. The van der Waals surface area contributed by atoms with Gasteiger partial charge < -0.3 is 0 Å². The minimum Gasteiger partial charge on any atom is -0.252 e. The summed E-state index contributed by atoms with van der Waals surface area (Å²) in [7, 11) is -2.31. The second kappa shape index (κ2) is 4.01. The lowest BCUT2D eigenvalue weighted by Gasteiger charge is -2.25. The Balaban J connectivity index is 2.67. The van der Waals surface area contributed by atoms with Crippen molar-refractivity contribution < 1.29 is 4.21 Å². The van der Waals surface area contributed by atoms with Crippen LogP contribution in [0.4, 0.5) is 0 Å². The molecule has 1 saturated heterocycles. The molecule has 0 spiro atoms. The summed E-state index contributed by atoms with van der Waals surface area (Å²) in [5.41, 5.74) is 0. The molecule has 0 aromatic carbocycles. The molecule has 1 unspecified atom stereocenters. The molecule has 1 N–H and O–H groups in total. The summed E-state index contributed by atoms with van der Waals surface area (Å²) in [4.78, 5) is 0. The van der Waals surface area contributed by atoms with Gasteiger partial charge in [0.05, 0.1) is 0 Å². The molecule has 0 aliphatic carbocycles. The molecule has 1 rings (SSSR count). The Kier molecular flexibility index (Phi) is 3.47. The van der Waals surface area contributed by atoms with E-state index >= 15 is 0 Å². The van der Waals surface area contributed by atoms with Crippen molar-refractivity contribution >= 4 is 21.5 Å². The van der Waals surface area contributed by atoms with E-state index in [-0.39, 0.29) is 10.5 Å². The molecule has 12 heavy (non-hydrogen) atoms. The molecular weight excluding hydrogens is 190 g/mol. The van der Waals surface area contributed by atoms with Crippen LogP contribution in [0.15, 0.2) is 0 Å². The molecule has 1 heterocycles. The molecule has 72 valence electrons. The van der Waals surface area contributed by atoms with Crippen LogP contribution in [0.1, 0.15) is 26.7 Å². The average molecular weight is 207 g/mol. The molecule has 1 atom stereocenters. The van der Waals surface area contributed by atoms with E-state index in [2.05, 4.69) is 0 Å². The van der Waals surface area contributed by atoms with Gasteiger partial charge in [-0.3, -0.25) is 4.78 Å². The minimum atomic E-state index is -2.31. The van der Waals surface area contributed by atoms with Crippen LogP contribution in [0, 0.1) is 4.78 Å². The molecule has 0 aromatic rings. The number of hydrogen-bond donors (Lipinski definition) is 1. The fraction of sp³-hybridized carbons (Fsp3) is 1.00. The van der Waals surface area contributed by atoms with Gasteiger partial charge in [0.25, 0.3) is 0 Å². The first-order valence-corrected chi connectivity index (χ1v) is 7.23. The Labute approximate surface area is 79.5 Å². The first kappa shape index (κ1) is 10.4. The van der Waals surface area contributed by atoms with E-state index in [1.165, 1.54) is 0 Å². The summed E-state index contributed by atoms with van der Waals surface area (Å²) in [5, 5.41) is 0.185. The highest BCUT2D eigenvalue weighted by Gasteiger charge is 2.26. The molecule has 1 fully saturated rings. The van der Waals surface area contributed by atoms with Gasteiger partial charge in [-0.15, -0.1) is 0 Å². The highest BCUT2D eigenvalue weighted by Crippen LogP contribution is 2.25. The lowest BCUT2D eigenvalue weighted by atomic mass is 10.2. The maximum Gasteiger partial charge on any atom is 0.0494 e. The standard InChI is InChI=1S/C8H17NOS2/c1-7(2)12(9,10)8-3-5-11-6-4-8/h7-9H,3-6H2,1-2H3. The van der Waals surface area contributed by atoms with Crippen LogP contribution in [0.5, 0.6) is 0 Å². The normalized spacial score (nSPS) is 25.6. The maximum atomic E-state index is 11.9. The quantitative estimate of drug-likeness (QED) is 0.755. The predicted octanol–water partition coefficient (Wildman–Crippen LogP) is 2.34. The Morgan fingerprint density at radius 1 is 1.42 bits per heavy atom. The van der Waals surface area contributed by atoms with E-state index in [1.54, 1.807) is 0 Å². The second-order valence-electron chi connectivity index (χ2n) is 3.51. The van der Waals surface area contributed by atoms with Crippen LogP contribution in [-0.2, 0) is 9.73 Å². The van der Waals surface area contributed by atoms with Crippen molar-refractivity contribution in [2.75, 3.05) is 11.5 Å². The minimum absolute atomic E-state index is 0.0191. The number of nitrogens with one attached hydrogen (secondary N) is 1. The predicted molar refractivity (Wildman–Crippen MR) is 56.3 cm³/mol. The van der Waals surface area contributed by atoms with E-state index in [0.29, 0.717) is 0 Å². The van der Waals surface area contributed by atoms with E-state index < -0.39 is 9.73 Å². The van der Waals surface area contributed by atoms with Crippen LogP contribution < -0.4 is 0 Å². The molecule has 4 heteroatoms. The van der Waals surface area contributed by atoms with Gasteiger partial charge in [-0.05, 0) is 24.3 Å². The lowest BCUT2D eigenvalue weighted by molar-refractivity contribution is 0.638. The zero-order valence-corrected chi connectivity index (χ0v) is 9.34. The third-order valence-electron chi connectivity index (χ3n) is 2.36.